The van der Waals surface area contributed by atoms with E-state index in [2.05, 4.69) is 35.3 Å². The third-order valence-electron chi connectivity index (χ3n) is 5.31. The number of hydrogen-bond acceptors (Lipinski definition) is 3. The Morgan fingerprint density at radius 3 is 2.57 bits per heavy atom. The highest BCUT2D eigenvalue weighted by molar-refractivity contribution is 6.08. The molecule has 4 aromatic rings. The molecule has 0 radical (unpaired) electrons. The molecule has 30 heavy (non-hydrogen) atoms. The number of aliphatic imine (C=N–C) groups is 1. The van der Waals surface area contributed by atoms with Gasteiger partial charge in [0.15, 0.2) is 5.96 Å². The Morgan fingerprint density at radius 2 is 1.80 bits per heavy atom. The lowest BCUT2D eigenvalue weighted by Gasteiger charge is -2.08. The summed E-state index contributed by atoms with van der Waals surface area (Å²) in [6.07, 6.45) is 0. The number of fused-ring (bicyclic) bond motifs is 2. The Bertz CT molecular complexity index is 1280. The maximum atomic E-state index is 12.9. The number of hydrogen-bond donors (Lipinski definition) is 2. The lowest BCUT2D eigenvalue weighted by Crippen LogP contribution is -2.23. The predicted molar refractivity (Wildman–Crippen MR) is 121 cm³/mol. The molecule has 4 rings (SSSR count). The molecule has 4 N–H and O–H groups in total. The van der Waals surface area contributed by atoms with E-state index in [0.29, 0.717) is 17.9 Å². The number of guanidine groups is 1. The van der Waals surface area contributed by atoms with Crippen molar-refractivity contribution in [3.05, 3.63) is 71.9 Å². The fourth-order valence-corrected chi connectivity index (χ4v) is 3.92. The molecular weight excluding hydrogens is 376 g/mol. The summed E-state index contributed by atoms with van der Waals surface area (Å²) in [6, 6.07) is 20.6. The summed E-state index contributed by atoms with van der Waals surface area (Å²) < 4.78 is 7.29. The van der Waals surface area contributed by atoms with Crippen molar-refractivity contribution < 1.29 is 9.53 Å². The molecule has 152 valence electrons. The molecule has 0 aliphatic rings. The Balaban J connectivity index is 1.96. The minimum atomic E-state index is -0.376. The van der Waals surface area contributed by atoms with E-state index < -0.39 is 0 Å². The van der Waals surface area contributed by atoms with Gasteiger partial charge in [-0.1, -0.05) is 48.5 Å². The van der Waals surface area contributed by atoms with Gasteiger partial charge in [-0.05, 0) is 41.0 Å². The van der Waals surface area contributed by atoms with E-state index in [1.807, 2.05) is 41.9 Å². The van der Waals surface area contributed by atoms with Crippen molar-refractivity contribution in [2.75, 3.05) is 6.61 Å². The van der Waals surface area contributed by atoms with Gasteiger partial charge in [-0.25, -0.2) is 9.79 Å². The number of nitrogens with zero attached hydrogens (tertiary/aromatic N) is 2. The Kier molecular flexibility index (Phi) is 5.14. The van der Waals surface area contributed by atoms with Crippen molar-refractivity contribution >= 4 is 33.6 Å². The first-order valence-electron chi connectivity index (χ1n) is 9.83. The molecule has 0 atom stereocenters. The first kappa shape index (κ1) is 19.5. The minimum absolute atomic E-state index is 0.0218. The summed E-state index contributed by atoms with van der Waals surface area (Å²) in [5.74, 6) is -0.398. The summed E-state index contributed by atoms with van der Waals surface area (Å²) in [4.78, 5) is 17.0. The smallest absolute Gasteiger partial charge is 0.340 e. The number of carbonyl (C=O) groups excluding carboxylic acids is 1. The lowest BCUT2D eigenvalue weighted by atomic mass is 9.96. The van der Waals surface area contributed by atoms with Gasteiger partial charge in [-0.3, -0.25) is 0 Å². The van der Waals surface area contributed by atoms with Crippen LogP contribution in [0.2, 0.25) is 0 Å². The fraction of sp³-hybridized carbons (Fsp3) is 0.167. The van der Waals surface area contributed by atoms with Gasteiger partial charge in [-0.2, -0.15) is 0 Å². The SMILES string of the molecule is CCOC(=O)c1c(CN=C(N)N)n(C)c2ccc(-c3cccc4ccccc34)cc12. The van der Waals surface area contributed by atoms with Crippen LogP contribution in [-0.4, -0.2) is 23.1 Å². The second-order valence-corrected chi connectivity index (χ2v) is 7.10. The van der Waals surface area contributed by atoms with E-state index in [9.17, 15) is 4.79 Å². The molecule has 0 amide bonds. The molecule has 6 nitrogen and oxygen atoms in total. The lowest BCUT2D eigenvalue weighted by molar-refractivity contribution is 0.0527. The van der Waals surface area contributed by atoms with Crippen LogP contribution in [0.1, 0.15) is 23.0 Å². The summed E-state index contributed by atoms with van der Waals surface area (Å²) >= 11 is 0. The van der Waals surface area contributed by atoms with E-state index >= 15 is 0 Å². The number of rotatable bonds is 5. The number of aryl methyl sites for hydroxylation is 1. The van der Waals surface area contributed by atoms with Crippen LogP contribution < -0.4 is 11.5 Å². The van der Waals surface area contributed by atoms with Gasteiger partial charge < -0.3 is 20.8 Å². The van der Waals surface area contributed by atoms with Crippen molar-refractivity contribution in [1.82, 2.24) is 4.57 Å². The quantitative estimate of drug-likeness (QED) is 0.301. The largest absolute Gasteiger partial charge is 0.462 e. The highest BCUT2D eigenvalue weighted by atomic mass is 16.5. The topological polar surface area (TPSA) is 95.6 Å². The van der Waals surface area contributed by atoms with Crippen molar-refractivity contribution in [3.8, 4) is 11.1 Å². The van der Waals surface area contributed by atoms with Crippen LogP contribution in [0, 0.1) is 0 Å². The van der Waals surface area contributed by atoms with Gasteiger partial charge in [0, 0.05) is 18.0 Å². The zero-order valence-electron chi connectivity index (χ0n) is 17.1. The maximum Gasteiger partial charge on any atom is 0.340 e. The van der Waals surface area contributed by atoms with Gasteiger partial charge in [-0.15, -0.1) is 0 Å². The van der Waals surface area contributed by atoms with E-state index in [-0.39, 0.29) is 18.5 Å². The van der Waals surface area contributed by atoms with Crippen LogP contribution in [0.5, 0.6) is 0 Å². The fourth-order valence-electron chi connectivity index (χ4n) is 3.92. The summed E-state index contributed by atoms with van der Waals surface area (Å²) in [5.41, 5.74) is 15.3. The van der Waals surface area contributed by atoms with Crippen LogP contribution in [0.3, 0.4) is 0 Å². The summed E-state index contributed by atoms with van der Waals surface area (Å²) in [5, 5.41) is 3.15. The molecule has 0 saturated heterocycles. The number of aromatic nitrogens is 1. The minimum Gasteiger partial charge on any atom is -0.462 e. The number of carbonyl (C=O) groups is 1. The van der Waals surface area contributed by atoms with Crippen molar-refractivity contribution in [3.63, 3.8) is 0 Å². The molecule has 0 aliphatic carbocycles. The Morgan fingerprint density at radius 1 is 1.03 bits per heavy atom. The van der Waals surface area contributed by atoms with Crippen LogP contribution in [0.4, 0.5) is 0 Å². The standard InChI is InChI=1S/C24H24N4O2/c1-3-30-23(29)22-19-13-16(18-10-6-8-15-7-4-5-9-17(15)18)11-12-20(19)28(2)21(22)14-27-24(25)26/h4-13H,3,14H2,1-2H3,(H4,25,26,27). The summed E-state index contributed by atoms with van der Waals surface area (Å²) in [7, 11) is 1.90. The maximum absolute atomic E-state index is 12.9. The predicted octanol–water partition coefficient (Wildman–Crippen LogP) is 3.95. The first-order chi connectivity index (χ1) is 14.5. The number of ether oxygens (including phenoxy) is 1. The van der Waals surface area contributed by atoms with Gasteiger partial charge in [0.1, 0.15) is 0 Å². The average molecular weight is 400 g/mol. The molecular formula is C24H24N4O2. The highest BCUT2D eigenvalue weighted by Crippen LogP contribution is 2.34. The third kappa shape index (κ3) is 3.37. The summed E-state index contributed by atoms with van der Waals surface area (Å²) in [6.45, 7) is 2.28. The van der Waals surface area contributed by atoms with Crippen molar-refractivity contribution in [2.45, 2.75) is 13.5 Å². The highest BCUT2D eigenvalue weighted by Gasteiger charge is 2.22. The number of esters is 1. The Labute approximate surface area is 174 Å². The number of benzene rings is 3. The molecule has 0 saturated carbocycles. The number of nitrogens with two attached hydrogens (primary N) is 2. The van der Waals surface area contributed by atoms with Crippen LogP contribution in [-0.2, 0) is 18.3 Å². The zero-order valence-corrected chi connectivity index (χ0v) is 17.1. The molecule has 0 fully saturated rings. The van der Waals surface area contributed by atoms with E-state index in [0.717, 1.165) is 27.4 Å². The second kappa shape index (κ2) is 7.91. The molecule has 1 heterocycles. The molecule has 3 aromatic carbocycles. The van der Waals surface area contributed by atoms with Crippen LogP contribution in [0.15, 0.2) is 65.7 Å². The second-order valence-electron chi connectivity index (χ2n) is 7.10. The van der Waals surface area contributed by atoms with Crippen molar-refractivity contribution in [2.24, 2.45) is 23.5 Å². The van der Waals surface area contributed by atoms with Gasteiger partial charge >= 0.3 is 5.97 Å². The third-order valence-corrected chi connectivity index (χ3v) is 5.31. The average Bonchev–Trinajstić information content (AvgIpc) is 3.03. The van der Waals surface area contributed by atoms with Crippen molar-refractivity contribution in [1.29, 1.82) is 0 Å². The van der Waals surface area contributed by atoms with E-state index in [1.165, 1.54) is 5.39 Å². The van der Waals surface area contributed by atoms with Gasteiger partial charge in [0.05, 0.1) is 24.4 Å². The first-order valence-corrected chi connectivity index (χ1v) is 9.83. The van der Waals surface area contributed by atoms with Crippen LogP contribution >= 0.6 is 0 Å². The van der Waals surface area contributed by atoms with Gasteiger partial charge in [0.25, 0.3) is 0 Å². The molecule has 6 heteroatoms. The molecule has 0 unspecified atom stereocenters. The Hall–Kier alpha value is -3.80. The van der Waals surface area contributed by atoms with Crippen LogP contribution in [0.25, 0.3) is 32.8 Å². The van der Waals surface area contributed by atoms with E-state index in [4.69, 9.17) is 16.2 Å². The molecule has 0 spiro atoms. The molecule has 0 aliphatic heterocycles. The van der Waals surface area contributed by atoms with E-state index in [1.54, 1.807) is 6.92 Å². The molecule has 1 aromatic heterocycles. The monoisotopic (exact) mass is 400 g/mol. The van der Waals surface area contributed by atoms with Gasteiger partial charge in [0.2, 0.25) is 0 Å². The normalized spacial score (nSPS) is 11.0. The zero-order chi connectivity index (χ0) is 21.3. The molecule has 0 bridgehead atoms.